The van der Waals surface area contributed by atoms with Crippen molar-refractivity contribution in [1.82, 2.24) is 0 Å². The zero-order valence-corrected chi connectivity index (χ0v) is 19.5. The first-order chi connectivity index (χ1) is 15.5. The minimum atomic E-state index is -0.201. The molecule has 4 nitrogen and oxygen atoms in total. The van der Waals surface area contributed by atoms with Crippen LogP contribution in [-0.4, -0.2) is 19.3 Å². The van der Waals surface area contributed by atoms with E-state index in [0.717, 1.165) is 38.2 Å². The number of hydrogen-bond acceptors (Lipinski definition) is 4. The molecular weight excluding hydrogens is 442 g/mol. The third-order valence-electron chi connectivity index (χ3n) is 5.16. The summed E-state index contributed by atoms with van der Waals surface area (Å²) in [5.74, 6) is 0.438. The number of thioether (sulfide) groups is 1. The number of amides is 1. The summed E-state index contributed by atoms with van der Waals surface area (Å²) in [6, 6.07) is 19.2. The average molecular weight is 464 g/mol. The highest BCUT2D eigenvalue weighted by Crippen LogP contribution is 2.37. The summed E-state index contributed by atoms with van der Waals surface area (Å²) in [6.07, 6.45) is 5.31. The van der Waals surface area contributed by atoms with Crippen LogP contribution in [0.5, 0.6) is 5.75 Å². The number of carbonyl (C=O) groups excluding carboxylic acids is 1. The van der Waals surface area contributed by atoms with Crippen LogP contribution in [0, 0.1) is 0 Å². The number of hydrogen-bond donors (Lipinski definition) is 1. The van der Waals surface area contributed by atoms with E-state index in [0.29, 0.717) is 16.4 Å². The molecule has 0 spiro atoms. The topological polar surface area (TPSA) is 51.5 Å². The van der Waals surface area contributed by atoms with Gasteiger partial charge in [0.1, 0.15) is 11.3 Å². The first-order valence-corrected chi connectivity index (χ1v) is 11.6. The molecule has 32 heavy (non-hydrogen) atoms. The molecule has 0 aliphatic carbocycles. The van der Waals surface area contributed by atoms with Crippen LogP contribution < -0.4 is 10.1 Å². The maximum atomic E-state index is 12.7. The van der Waals surface area contributed by atoms with Crippen molar-refractivity contribution in [2.75, 3.05) is 18.7 Å². The van der Waals surface area contributed by atoms with Crippen LogP contribution in [0.3, 0.4) is 0 Å². The summed E-state index contributed by atoms with van der Waals surface area (Å²) in [5.41, 5.74) is 5.02. The van der Waals surface area contributed by atoms with E-state index in [2.05, 4.69) is 5.32 Å². The van der Waals surface area contributed by atoms with Crippen LogP contribution >= 0.6 is 23.4 Å². The molecule has 0 atom stereocenters. The Morgan fingerprint density at radius 1 is 1.12 bits per heavy atom. The molecule has 0 bridgehead atoms. The van der Waals surface area contributed by atoms with Crippen molar-refractivity contribution in [1.29, 1.82) is 0 Å². The highest BCUT2D eigenvalue weighted by Gasteiger charge is 2.15. The molecule has 0 unspecified atom stereocenters. The fraction of sp³-hybridized carbons (Fsp3) is 0.115. The number of carbonyl (C=O) groups is 1. The Bertz CT molecular complexity index is 1310. The van der Waals surface area contributed by atoms with E-state index in [4.69, 9.17) is 20.8 Å². The highest BCUT2D eigenvalue weighted by atomic mass is 35.5. The van der Waals surface area contributed by atoms with Gasteiger partial charge in [0, 0.05) is 44.3 Å². The molecule has 6 heteroatoms. The van der Waals surface area contributed by atoms with Crippen LogP contribution in [0.1, 0.15) is 12.5 Å². The van der Waals surface area contributed by atoms with Gasteiger partial charge in [0.25, 0.3) is 0 Å². The number of halogens is 1. The normalized spacial score (nSPS) is 11.6. The fourth-order valence-electron chi connectivity index (χ4n) is 3.54. The summed E-state index contributed by atoms with van der Waals surface area (Å²) >= 11 is 7.66. The summed E-state index contributed by atoms with van der Waals surface area (Å²) in [6.45, 7) is 1.89. The predicted octanol–water partition coefficient (Wildman–Crippen LogP) is 7.53. The standard InChI is InChI=1S/C26H22ClNO3S/c1-16(11-26(29)28-19-5-4-6-20(12-19)32-3)21-13-22-23(17-7-9-18(27)10-8-17)15-31-25(22)14-24(21)30-2/h4-15H,1-3H3,(H,28,29)/b16-11+. The van der Waals surface area contributed by atoms with Gasteiger partial charge < -0.3 is 14.5 Å². The molecule has 4 aromatic rings. The molecule has 0 aliphatic rings. The van der Waals surface area contributed by atoms with E-state index in [9.17, 15) is 4.79 Å². The van der Waals surface area contributed by atoms with Crippen LogP contribution in [0.4, 0.5) is 5.69 Å². The third-order valence-corrected chi connectivity index (χ3v) is 6.14. The number of nitrogens with one attached hydrogen (secondary N) is 1. The quantitative estimate of drug-likeness (QED) is 0.237. The first-order valence-electron chi connectivity index (χ1n) is 9.97. The lowest BCUT2D eigenvalue weighted by atomic mass is 9.99. The van der Waals surface area contributed by atoms with Gasteiger partial charge in [-0.3, -0.25) is 4.79 Å². The Morgan fingerprint density at radius 2 is 1.91 bits per heavy atom. The van der Waals surface area contributed by atoms with Gasteiger partial charge in [0.15, 0.2) is 0 Å². The molecule has 1 amide bonds. The number of anilines is 1. The minimum absolute atomic E-state index is 0.201. The number of methoxy groups -OCH3 is 1. The first kappa shape index (κ1) is 22.1. The summed E-state index contributed by atoms with van der Waals surface area (Å²) < 4.78 is 11.4. The van der Waals surface area contributed by atoms with Crippen molar-refractivity contribution in [2.24, 2.45) is 0 Å². The van der Waals surface area contributed by atoms with Gasteiger partial charge in [-0.25, -0.2) is 0 Å². The van der Waals surface area contributed by atoms with Gasteiger partial charge >= 0.3 is 0 Å². The van der Waals surface area contributed by atoms with Crippen LogP contribution in [-0.2, 0) is 4.79 Å². The van der Waals surface area contributed by atoms with Crippen molar-refractivity contribution >= 4 is 51.5 Å². The van der Waals surface area contributed by atoms with E-state index in [1.54, 1.807) is 31.2 Å². The molecule has 1 N–H and O–H groups in total. The minimum Gasteiger partial charge on any atom is -0.496 e. The third kappa shape index (κ3) is 4.69. The summed E-state index contributed by atoms with van der Waals surface area (Å²) in [4.78, 5) is 13.8. The molecule has 162 valence electrons. The van der Waals surface area contributed by atoms with Gasteiger partial charge in [-0.1, -0.05) is 29.8 Å². The zero-order chi connectivity index (χ0) is 22.7. The molecular formula is C26H22ClNO3S. The monoisotopic (exact) mass is 463 g/mol. The number of allylic oxidation sites excluding steroid dienone is 1. The van der Waals surface area contributed by atoms with Crippen LogP contribution in [0.2, 0.25) is 5.02 Å². The molecule has 0 radical (unpaired) electrons. The Balaban J connectivity index is 1.69. The summed E-state index contributed by atoms with van der Waals surface area (Å²) in [5, 5.41) is 4.54. The average Bonchev–Trinajstić information content (AvgIpc) is 3.21. The summed E-state index contributed by atoms with van der Waals surface area (Å²) in [7, 11) is 1.61. The second-order valence-corrected chi connectivity index (χ2v) is 8.57. The van der Waals surface area contributed by atoms with Crippen molar-refractivity contribution in [3.05, 3.63) is 83.6 Å². The molecule has 1 aromatic heterocycles. The van der Waals surface area contributed by atoms with Crippen molar-refractivity contribution < 1.29 is 13.9 Å². The van der Waals surface area contributed by atoms with Crippen molar-refractivity contribution in [3.63, 3.8) is 0 Å². The molecule has 0 saturated carbocycles. The number of ether oxygens (including phenoxy) is 1. The van der Waals surface area contributed by atoms with Gasteiger partial charge in [0.2, 0.25) is 5.91 Å². The lowest BCUT2D eigenvalue weighted by Crippen LogP contribution is -2.08. The molecule has 0 saturated heterocycles. The van der Waals surface area contributed by atoms with Crippen LogP contribution in [0.15, 0.2) is 82.3 Å². The van der Waals surface area contributed by atoms with Gasteiger partial charge in [-0.05, 0) is 60.7 Å². The molecule has 1 heterocycles. The van der Waals surface area contributed by atoms with Crippen molar-refractivity contribution in [2.45, 2.75) is 11.8 Å². The maximum Gasteiger partial charge on any atom is 0.248 e. The smallest absolute Gasteiger partial charge is 0.248 e. The van der Waals surface area contributed by atoms with E-state index >= 15 is 0 Å². The maximum absolute atomic E-state index is 12.7. The Hall–Kier alpha value is -3.15. The molecule has 3 aromatic carbocycles. The fourth-order valence-corrected chi connectivity index (χ4v) is 4.12. The number of furan rings is 1. The zero-order valence-electron chi connectivity index (χ0n) is 17.9. The Morgan fingerprint density at radius 3 is 2.62 bits per heavy atom. The lowest BCUT2D eigenvalue weighted by Gasteiger charge is -2.10. The van der Waals surface area contributed by atoms with Gasteiger partial charge in [0.05, 0.1) is 13.4 Å². The molecule has 0 fully saturated rings. The van der Waals surface area contributed by atoms with Gasteiger partial charge in [-0.15, -0.1) is 11.8 Å². The van der Waals surface area contributed by atoms with E-state index in [-0.39, 0.29) is 5.91 Å². The molecule has 0 aliphatic heterocycles. The predicted molar refractivity (Wildman–Crippen MR) is 134 cm³/mol. The van der Waals surface area contributed by atoms with E-state index < -0.39 is 0 Å². The van der Waals surface area contributed by atoms with Gasteiger partial charge in [-0.2, -0.15) is 0 Å². The number of fused-ring (bicyclic) bond motifs is 1. The van der Waals surface area contributed by atoms with Crippen molar-refractivity contribution in [3.8, 4) is 16.9 Å². The van der Waals surface area contributed by atoms with E-state index in [1.807, 2.05) is 73.8 Å². The second-order valence-electron chi connectivity index (χ2n) is 7.25. The van der Waals surface area contributed by atoms with Crippen LogP contribution in [0.25, 0.3) is 27.7 Å². The Labute approximate surface area is 196 Å². The highest BCUT2D eigenvalue weighted by molar-refractivity contribution is 7.98. The number of benzene rings is 3. The SMILES string of the molecule is COc1cc2occ(-c3ccc(Cl)cc3)c2cc1/C(C)=C/C(=O)Nc1cccc(SC)c1. The Kier molecular flexibility index (Phi) is 6.58. The van der Waals surface area contributed by atoms with E-state index in [1.165, 1.54) is 0 Å². The largest absolute Gasteiger partial charge is 0.496 e. The lowest BCUT2D eigenvalue weighted by molar-refractivity contribution is -0.111. The molecule has 4 rings (SSSR count). The number of rotatable bonds is 6. The second kappa shape index (κ2) is 9.55.